The van der Waals surface area contributed by atoms with Gasteiger partial charge in [0.25, 0.3) is 0 Å². The summed E-state index contributed by atoms with van der Waals surface area (Å²) in [6.07, 6.45) is 5.93. The molecule has 30 heavy (non-hydrogen) atoms. The second kappa shape index (κ2) is 10.3. The molecule has 7 nitrogen and oxygen atoms in total. The minimum atomic E-state index is 0.217. The average molecular weight is 429 g/mol. The van der Waals surface area contributed by atoms with Gasteiger partial charge in [0.1, 0.15) is 0 Å². The van der Waals surface area contributed by atoms with Crippen molar-refractivity contribution in [3.63, 3.8) is 0 Å². The van der Waals surface area contributed by atoms with Crippen LogP contribution in [-0.2, 0) is 11.2 Å². The Morgan fingerprint density at radius 2 is 2.07 bits per heavy atom. The van der Waals surface area contributed by atoms with Gasteiger partial charge < -0.3 is 15.4 Å². The molecular weight excluding hydrogens is 396 g/mol. The summed E-state index contributed by atoms with van der Waals surface area (Å²) in [5.41, 5.74) is 2.59. The van der Waals surface area contributed by atoms with Crippen LogP contribution in [0.25, 0.3) is 5.69 Å². The molecular formula is C22H32N6OS. The fourth-order valence-electron chi connectivity index (χ4n) is 4.17. The summed E-state index contributed by atoms with van der Waals surface area (Å²) in [4.78, 5) is 7.06. The molecule has 2 aliphatic heterocycles. The summed E-state index contributed by atoms with van der Waals surface area (Å²) in [6.45, 7) is 5.53. The summed E-state index contributed by atoms with van der Waals surface area (Å²) < 4.78 is 7.44. The molecule has 3 heterocycles. The Kier molecular flexibility index (Phi) is 7.30. The molecule has 0 bridgehead atoms. The van der Waals surface area contributed by atoms with Gasteiger partial charge in [0.15, 0.2) is 5.96 Å². The second-order valence-electron chi connectivity index (χ2n) is 7.85. The number of aliphatic imine (C=N–C) groups is 1. The quantitative estimate of drug-likeness (QED) is 0.518. The first kappa shape index (κ1) is 21.2. The molecule has 0 amide bonds. The Hall–Kier alpha value is -2.03. The first-order valence-corrected chi connectivity index (χ1v) is 11.9. The van der Waals surface area contributed by atoms with Gasteiger partial charge in [-0.05, 0) is 42.4 Å². The highest BCUT2D eigenvalue weighted by molar-refractivity contribution is 7.99. The van der Waals surface area contributed by atoms with Gasteiger partial charge in [-0.15, -0.1) is 0 Å². The van der Waals surface area contributed by atoms with Crippen molar-refractivity contribution in [3.8, 4) is 5.69 Å². The number of guanidine groups is 1. The Labute approximate surface area is 183 Å². The van der Waals surface area contributed by atoms with Crippen LogP contribution in [-0.4, -0.2) is 84.1 Å². The van der Waals surface area contributed by atoms with Crippen LogP contribution in [0.4, 0.5) is 0 Å². The van der Waals surface area contributed by atoms with Crippen LogP contribution in [0.2, 0.25) is 0 Å². The lowest BCUT2D eigenvalue weighted by molar-refractivity contribution is -0.0120. The largest absolute Gasteiger partial charge is 0.379 e. The van der Waals surface area contributed by atoms with Gasteiger partial charge in [-0.2, -0.15) is 16.9 Å². The lowest BCUT2D eigenvalue weighted by atomic mass is 9.95. The molecule has 0 saturated carbocycles. The van der Waals surface area contributed by atoms with Crippen molar-refractivity contribution in [1.29, 1.82) is 0 Å². The van der Waals surface area contributed by atoms with E-state index in [1.54, 1.807) is 6.20 Å². The van der Waals surface area contributed by atoms with Gasteiger partial charge in [-0.1, -0.05) is 12.1 Å². The zero-order chi connectivity index (χ0) is 20.7. The molecule has 2 aliphatic rings. The zero-order valence-electron chi connectivity index (χ0n) is 17.7. The standard InChI is InChI=1S/C22H32N6OS/c1-23-21(25-17-22(8-16-30-18-22)27-12-14-29-15-13-27)24-10-7-19-3-5-20(6-4-19)28-11-2-9-26-28/h2-6,9,11H,7-8,10,12-18H2,1H3,(H2,23,24,25). The van der Waals surface area contributed by atoms with E-state index in [2.05, 4.69) is 61.7 Å². The molecule has 1 atom stereocenters. The molecule has 0 aliphatic carbocycles. The minimum absolute atomic E-state index is 0.217. The molecule has 162 valence electrons. The van der Waals surface area contributed by atoms with E-state index in [0.717, 1.165) is 57.5 Å². The van der Waals surface area contributed by atoms with E-state index in [9.17, 15) is 0 Å². The van der Waals surface area contributed by atoms with Crippen LogP contribution in [0, 0.1) is 0 Å². The number of rotatable bonds is 7. The van der Waals surface area contributed by atoms with Gasteiger partial charge in [0.2, 0.25) is 0 Å². The number of thioether (sulfide) groups is 1. The normalized spacial score (nSPS) is 22.9. The predicted molar refractivity (Wildman–Crippen MR) is 124 cm³/mol. The number of ether oxygens (including phenoxy) is 1. The van der Waals surface area contributed by atoms with Crippen LogP contribution in [0.15, 0.2) is 47.7 Å². The highest BCUT2D eigenvalue weighted by Gasteiger charge is 2.40. The number of morpholine rings is 1. The lowest BCUT2D eigenvalue weighted by Gasteiger charge is -2.43. The summed E-state index contributed by atoms with van der Waals surface area (Å²) in [5, 5.41) is 11.3. The minimum Gasteiger partial charge on any atom is -0.379 e. The Balaban J connectivity index is 1.25. The summed E-state index contributed by atoms with van der Waals surface area (Å²) in [7, 11) is 1.85. The van der Waals surface area contributed by atoms with Crippen molar-refractivity contribution >= 4 is 17.7 Å². The fourth-order valence-corrected chi connectivity index (χ4v) is 5.64. The van der Waals surface area contributed by atoms with Crippen LogP contribution >= 0.6 is 11.8 Å². The predicted octanol–water partition coefficient (Wildman–Crippen LogP) is 1.79. The van der Waals surface area contributed by atoms with Crippen LogP contribution in [0.1, 0.15) is 12.0 Å². The van der Waals surface area contributed by atoms with Gasteiger partial charge in [-0.3, -0.25) is 9.89 Å². The van der Waals surface area contributed by atoms with E-state index < -0.39 is 0 Å². The summed E-state index contributed by atoms with van der Waals surface area (Å²) in [6, 6.07) is 10.5. The van der Waals surface area contributed by atoms with Gasteiger partial charge in [0, 0.05) is 56.9 Å². The van der Waals surface area contributed by atoms with Crippen LogP contribution in [0.5, 0.6) is 0 Å². The number of nitrogens with zero attached hydrogens (tertiary/aromatic N) is 4. The average Bonchev–Trinajstić information content (AvgIpc) is 3.50. The SMILES string of the molecule is CN=C(NCCc1ccc(-n2cccn2)cc1)NCC1(N2CCOCC2)CCSC1. The summed E-state index contributed by atoms with van der Waals surface area (Å²) >= 11 is 2.06. The van der Waals surface area contributed by atoms with E-state index in [1.807, 2.05) is 24.0 Å². The number of nitrogens with one attached hydrogen (secondary N) is 2. The van der Waals surface area contributed by atoms with Gasteiger partial charge in [-0.25, -0.2) is 4.68 Å². The summed E-state index contributed by atoms with van der Waals surface area (Å²) in [5.74, 6) is 3.30. The Morgan fingerprint density at radius 1 is 1.23 bits per heavy atom. The monoisotopic (exact) mass is 428 g/mol. The first-order chi connectivity index (χ1) is 14.8. The number of hydrogen-bond donors (Lipinski definition) is 2. The third-order valence-corrected chi connectivity index (χ3v) is 7.22. The van der Waals surface area contributed by atoms with E-state index in [1.165, 1.54) is 23.5 Å². The molecule has 2 saturated heterocycles. The molecule has 1 unspecified atom stereocenters. The molecule has 4 rings (SSSR count). The molecule has 2 aromatic rings. The molecule has 1 aromatic heterocycles. The third-order valence-electron chi connectivity index (χ3n) is 5.98. The zero-order valence-corrected chi connectivity index (χ0v) is 18.5. The smallest absolute Gasteiger partial charge is 0.191 e. The second-order valence-corrected chi connectivity index (χ2v) is 8.95. The Bertz CT molecular complexity index is 796. The van der Waals surface area contributed by atoms with E-state index in [-0.39, 0.29) is 5.54 Å². The molecule has 8 heteroatoms. The van der Waals surface area contributed by atoms with Crippen molar-refractivity contribution in [1.82, 2.24) is 25.3 Å². The lowest BCUT2D eigenvalue weighted by Crippen LogP contribution is -2.60. The first-order valence-electron chi connectivity index (χ1n) is 10.7. The van der Waals surface area contributed by atoms with Crippen molar-refractivity contribution in [2.75, 3.05) is 57.9 Å². The van der Waals surface area contributed by atoms with Crippen molar-refractivity contribution in [2.45, 2.75) is 18.4 Å². The highest BCUT2D eigenvalue weighted by atomic mass is 32.2. The van der Waals surface area contributed by atoms with E-state index >= 15 is 0 Å². The number of benzene rings is 1. The van der Waals surface area contributed by atoms with E-state index in [0.29, 0.717) is 0 Å². The third kappa shape index (κ3) is 5.17. The Morgan fingerprint density at radius 3 is 2.73 bits per heavy atom. The topological polar surface area (TPSA) is 66.7 Å². The maximum atomic E-state index is 5.56. The van der Waals surface area contributed by atoms with Gasteiger partial charge in [0.05, 0.1) is 18.9 Å². The maximum absolute atomic E-state index is 5.56. The molecule has 0 spiro atoms. The highest BCUT2D eigenvalue weighted by Crippen LogP contribution is 2.33. The molecule has 2 fully saturated rings. The molecule has 2 N–H and O–H groups in total. The molecule has 1 aromatic carbocycles. The van der Waals surface area contributed by atoms with E-state index in [4.69, 9.17) is 4.74 Å². The molecule has 0 radical (unpaired) electrons. The number of hydrogen-bond acceptors (Lipinski definition) is 5. The number of aromatic nitrogens is 2. The van der Waals surface area contributed by atoms with Crippen LogP contribution < -0.4 is 10.6 Å². The maximum Gasteiger partial charge on any atom is 0.191 e. The van der Waals surface area contributed by atoms with Crippen LogP contribution in [0.3, 0.4) is 0 Å². The van der Waals surface area contributed by atoms with Crippen molar-refractivity contribution in [3.05, 3.63) is 48.3 Å². The fraction of sp³-hybridized carbons (Fsp3) is 0.545. The van der Waals surface area contributed by atoms with Crippen molar-refractivity contribution < 1.29 is 4.74 Å². The van der Waals surface area contributed by atoms with Gasteiger partial charge >= 0.3 is 0 Å². The van der Waals surface area contributed by atoms with Crippen molar-refractivity contribution in [2.24, 2.45) is 4.99 Å².